The summed E-state index contributed by atoms with van der Waals surface area (Å²) in [5.74, 6) is -2.44. The molecule has 2 aromatic heterocycles. The molecule has 2 bridgehead atoms. The molecule has 3 aromatic rings. The average molecular weight is 666 g/mol. The van der Waals surface area contributed by atoms with Crippen LogP contribution in [-0.2, 0) is 10.9 Å². The Hall–Kier alpha value is -3.63. The Bertz CT molecular complexity index is 1760. The summed E-state index contributed by atoms with van der Waals surface area (Å²) in [6.45, 7) is 5.70. The van der Waals surface area contributed by atoms with E-state index in [2.05, 4.69) is 20.3 Å². The summed E-state index contributed by atoms with van der Waals surface area (Å²) in [6.07, 6.45) is -5.30. The fourth-order valence-corrected chi connectivity index (χ4v) is 8.01. The molecule has 0 aliphatic carbocycles. The lowest BCUT2D eigenvalue weighted by Gasteiger charge is -2.55. The fraction of sp³-hybridized carbons (Fsp3) is 0.581. The summed E-state index contributed by atoms with van der Waals surface area (Å²) in [5, 5.41) is 3.62. The molecule has 0 unspecified atom stereocenters. The number of benzene rings is 1. The van der Waals surface area contributed by atoms with E-state index in [1.165, 1.54) is 0 Å². The zero-order valence-electron chi connectivity index (χ0n) is 25.6. The van der Waals surface area contributed by atoms with Gasteiger partial charge < -0.3 is 30.2 Å². The number of nitrogens with one attached hydrogen (secondary N) is 1. The minimum Gasteiger partial charge on any atom is -0.472 e. The number of aromatic nitrogens is 3. The minimum atomic E-state index is -5.08. The van der Waals surface area contributed by atoms with Gasteiger partial charge in [-0.1, -0.05) is 0 Å². The molecule has 252 valence electrons. The van der Waals surface area contributed by atoms with Crippen molar-refractivity contribution < 1.29 is 40.6 Å². The second-order valence-electron chi connectivity index (χ2n) is 13.5. The molecule has 3 N–H and O–H groups in total. The number of rotatable bonds is 6. The van der Waals surface area contributed by atoms with E-state index in [4.69, 9.17) is 19.9 Å². The molecule has 0 saturated carbocycles. The van der Waals surface area contributed by atoms with Crippen molar-refractivity contribution in [3.05, 3.63) is 28.8 Å². The van der Waals surface area contributed by atoms with Gasteiger partial charge in [-0.15, -0.1) is 0 Å². The van der Waals surface area contributed by atoms with E-state index in [-0.39, 0.29) is 53.2 Å². The Morgan fingerprint density at radius 1 is 1.15 bits per heavy atom. The Labute approximate surface area is 265 Å². The first kappa shape index (κ1) is 30.7. The number of nitrogens with two attached hydrogens (primary N) is 1. The number of anilines is 2. The zero-order valence-corrected chi connectivity index (χ0v) is 25.6. The zero-order chi connectivity index (χ0) is 33.0. The average Bonchev–Trinajstić information content (AvgIpc) is 3.29. The molecule has 8 rings (SSSR count). The predicted molar refractivity (Wildman–Crippen MR) is 158 cm³/mol. The van der Waals surface area contributed by atoms with Crippen LogP contribution in [0.5, 0.6) is 11.9 Å². The lowest BCUT2D eigenvalue weighted by atomic mass is 9.78. The van der Waals surface area contributed by atoms with E-state index >= 15 is 8.78 Å². The van der Waals surface area contributed by atoms with Crippen LogP contribution in [0, 0.1) is 24.0 Å². The molecule has 1 spiro atoms. The van der Waals surface area contributed by atoms with Gasteiger partial charge >= 0.3 is 12.2 Å². The highest BCUT2D eigenvalue weighted by Crippen LogP contribution is 2.47. The fourth-order valence-electron chi connectivity index (χ4n) is 8.01. The van der Waals surface area contributed by atoms with Gasteiger partial charge in [-0.3, -0.25) is 4.90 Å². The lowest BCUT2D eigenvalue weighted by Crippen LogP contribution is -2.66. The Kier molecular flexibility index (Phi) is 6.98. The number of hydrogen-bond donors (Lipinski definition) is 2. The van der Waals surface area contributed by atoms with E-state index < -0.39 is 70.3 Å². The number of hydrogen-bond acceptors (Lipinski definition) is 10. The summed E-state index contributed by atoms with van der Waals surface area (Å²) in [4.78, 5) is 17.1. The van der Waals surface area contributed by atoms with Crippen LogP contribution in [0.3, 0.4) is 0 Å². The van der Waals surface area contributed by atoms with Crippen molar-refractivity contribution in [2.24, 2.45) is 5.41 Å². The minimum absolute atomic E-state index is 0.00995. The smallest absolute Gasteiger partial charge is 0.417 e. The molecule has 4 fully saturated rings. The van der Waals surface area contributed by atoms with Crippen molar-refractivity contribution in [2.45, 2.75) is 63.3 Å². The van der Waals surface area contributed by atoms with Crippen molar-refractivity contribution in [1.29, 1.82) is 0 Å². The lowest BCUT2D eigenvalue weighted by molar-refractivity contribution is -0.191. The van der Waals surface area contributed by atoms with Crippen LogP contribution in [0.2, 0.25) is 0 Å². The number of ether oxygens (including phenoxy) is 3. The third-order valence-corrected chi connectivity index (χ3v) is 10.1. The number of likely N-dealkylation sites (tertiary alicyclic amines) is 1. The SMILES string of the molecule is Cc1c(F)c(N)cc(-c2nc3c4c(nc(OC[C@@H](F)CN5CC6(COC6)C5)nc4c2F)N2C[C@H]4CC[C@H](N4)[C@H]2[C@H](C)O3)c1C(F)(F)F. The molecular weight excluding hydrogens is 632 g/mol. The van der Waals surface area contributed by atoms with E-state index in [9.17, 15) is 17.6 Å². The first-order chi connectivity index (χ1) is 22.3. The summed E-state index contributed by atoms with van der Waals surface area (Å²) < 4.78 is 107. The third-order valence-electron chi connectivity index (χ3n) is 10.1. The van der Waals surface area contributed by atoms with Gasteiger partial charge in [-0.25, -0.2) is 18.2 Å². The molecule has 7 heterocycles. The number of halogens is 6. The Morgan fingerprint density at radius 3 is 2.62 bits per heavy atom. The summed E-state index contributed by atoms with van der Waals surface area (Å²) in [7, 11) is 0. The van der Waals surface area contributed by atoms with Crippen LogP contribution >= 0.6 is 0 Å². The quantitative estimate of drug-likeness (QED) is 0.296. The van der Waals surface area contributed by atoms with Crippen LogP contribution in [0.25, 0.3) is 22.2 Å². The normalized spacial score (nSPS) is 26.8. The van der Waals surface area contributed by atoms with Crippen molar-refractivity contribution in [3.63, 3.8) is 0 Å². The van der Waals surface area contributed by atoms with Gasteiger partial charge in [0.1, 0.15) is 47.1 Å². The van der Waals surface area contributed by atoms with Crippen LogP contribution in [0.15, 0.2) is 6.07 Å². The second-order valence-corrected chi connectivity index (χ2v) is 13.5. The number of nitrogen functional groups attached to an aromatic ring is 1. The van der Waals surface area contributed by atoms with Crippen LogP contribution in [0.1, 0.15) is 30.9 Å². The summed E-state index contributed by atoms with van der Waals surface area (Å²) >= 11 is 0. The van der Waals surface area contributed by atoms with Crippen molar-refractivity contribution >= 4 is 22.4 Å². The van der Waals surface area contributed by atoms with Gasteiger partial charge in [0, 0.05) is 49.2 Å². The number of fused-ring (bicyclic) bond motifs is 5. The number of piperazine rings is 1. The maximum Gasteiger partial charge on any atom is 0.417 e. The molecule has 5 aliphatic heterocycles. The van der Waals surface area contributed by atoms with Gasteiger partial charge in [0.05, 0.1) is 30.5 Å². The second kappa shape index (κ2) is 10.7. The van der Waals surface area contributed by atoms with Crippen LogP contribution < -0.4 is 25.4 Å². The van der Waals surface area contributed by atoms with E-state index in [0.717, 1.165) is 32.9 Å². The molecule has 0 amide bonds. The third kappa shape index (κ3) is 4.93. The van der Waals surface area contributed by atoms with Gasteiger partial charge in [-0.05, 0) is 38.3 Å². The summed E-state index contributed by atoms with van der Waals surface area (Å²) in [6, 6.07) is 0.188. The molecule has 4 saturated heterocycles. The molecule has 0 radical (unpaired) electrons. The van der Waals surface area contributed by atoms with Gasteiger partial charge in [0.2, 0.25) is 5.88 Å². The largest absolute Gasteiger partial charge is 0.472 e. The maximum absolute atomic E-state index is 16.7. The van der Waals surface area contributed by atoms with Crippen LogP contribution in [0.4, 0.5) is 37.8 Å². The Balaban J connectivity index is 1.23. The monoisotopic (exact) mass is 665 g/mol. The van der Waals surface area contributed by atoms with Crippen LogP contribution in [-0.4, -0.2) is 96.3 Å². The predicted octanol–water partition coefficient (Wildman–Crippen LogP) is 4.02. The first-order valence-corrected chi connectivity index (χ1v) is 15.7. The van der Waals surface area contributed by atoms with Crippen molar-refractivity contribution in [2.75, 3.05) is 56.6 Å². The van der Waals surface area contributed by atoms with Crippen molar-refractivity contribution in [3.8, 4) is 23.1 Å². The standard InChI is InChI=1S/C31H33F6N7O3/c1-13-21(31(35,36)37)17(5-18(38)22(13)33)24-23(34)25-20-27(44-7-16-3-4-19(39-16)26(44)14(2)47-28(20)40-24)42-29(41-25)46-8-15(32)6-43-9-30(10-43)11-45-12-30/h5,14-16,19,26,39H,3-4,6-12,38H2,1-2H3/t14-,15-,16+,19-,26+/m0/s1. The topological polar surface area (TPSA) is 111 Å². The highest BCUT2D eigenvalue weighted by atomic mass is 19.4. The number of alkyl halides is 4. The van der Waals surface area contributed by atoms with Crippen molar-refractivity contribution in [1.82, 2.24) is 25.2 Å². The highest BCUT2D eigenvalue weighted by Gasteiger charge is 2.50. The molecule has 5 atom stereocenters. The molecule has 5 aliphatic rings. The highest BCUT2D eigenvalue weighted by molar-refractivity contribution is 5.97. The molecule has 10 nitrogen and oxygen atoms in total. The maximum atomic E-state index is 16.7. The van der Waals surface area contributed by atoms with Gasteiger partial charge in [0.15, 0.2) is 5.82 Å². The number of pyridine rings is 1. The number of nitrogens with zero attached hydrogens (tertiary/aromatic N) is 5. The molecule has 16 heteroatoms. The molecule has 1 aromatic carbocycles. The van der Waals surface area contributed by atoms with E-state index in [1.807, 2.05) is 9.80 Å². The van der Waals surface area contributed by atoms with E-state index in [0.29, 0.717) is 25.8 Å². The Morgan fingerprint density at radius 2 is 1.91 bits per heavy atom. The molecule has 47 heavy (non-hydrogen) atoms. The molecular formula is C31H33F6N7O3. The summed E-state index contributed by atoms with van der Waals surface area (Å²) in [5.41, 5.74) is 1.08. The van der Waals surface area contributed by atoms with Gasteiger partial charge in [-0.2, -0.15) is 23.1 Å². The first-order valence-electron chi connectivity index (χ1n) is 15.7. The van der Waals surface area contributed by atoms with E-state index in [1.54, 1.807) is 6.92 Å². The van der Waals surface area contributed by atoms with Gasteiger partial charge in [0.25, 0.3) is 0 Å².